The Hall–Kier alpha value is -2.33. The van der Waals surface area contributed by atoms with Crippen molar-refractivity contribution in [3.05, 3.63) is 54.6 Å². The van der Waals surface area contributed by atoms with E-state index in [1.807, 2.05) is 54.6 Å². The number of carbonyl (C=O) groups is 1. The topological polar surface area (TPSA) is 32.8 Å². The third kappa shape index (κ3) is 3.95. The van der Waals surface area contributed by atoms with Crippen molar-refractivity contribution < 1.29 is 9.53 Å². The zero-order valence-corrected chi connectivity index (χ0v) is 14.3. The molecule has 1 fully saturated rings. The first kappa shape index (κ1) is 16.5. The number of para-hydroxylation sites is 1. The van der Waals surface area contributed by atoms with Gasteiger partial charge in [-0.15, -0.1) is 0 Å². The third-order valence-electron chi connectivity index (χ3n) is 4.31. The molecule has 0 spiro atoms. The first-order chi connectivity index (χ1) is 11.6. The molecule has 0 radical (unpaired) electrons. The molecule has 1 aliphatic rings. The molecule has 2 aromatic rings. The molecule has 24 heavy (non-hydrogen) atoms. The predicted molar refractivity (Wildman–Crippen MR) is 96.9 cm³/mol. The molecular weight excluding hydrogens is 300 g/mol. The normalized spacial score (nSPS) is 18.2. The number of amides is 1. The highest BCUT2D eigenvalue weighted by molar-refractivity contribution is 5.99. The Kier molecular flexibility index (Phi) is 5.16. The lowest BCUT2D eigenvalue weighted by atomic mass is 10.1. The molecule has 3 rings (SSSR count). The minimum Gasteiger partial charge on any atom is -0.489 e. The highest BCUT2D eigenvalue weighted by Crippen LogP contribution is 2.28. The Morgan fingerprint density at radius 2 is 1.75 bits per heavy atom. The summed E-state index contributed by atoms with van der Waals surface area (Å²) in [5.41, 5.74) is 1.72. The average molecular weight is 324 g/mol. The van der Waals surface area contributed by atoms with Gasteiger partial charge in [-0.1, -0.05) is 18.2 Å². The first-order valence-corrected chi connectivity index (χ1v) is 8.44. The molecular formula is C20H24N2O2. The lowest BCUT2D eigenvalue weighted by Crippen LogP contribution is -2.38. The number of ether oxygens (including phenoxy) is 1. The van der Waals surface area contributed by atoms with Gasteiger partial charge in [0.1, 0.15) is 11.9 Å². The van der Waals surface area contributed by atoms with E-state index < -0.39 is 0 Å². The van der Waals surface area contributed by atoms with E-state index in [1.165, 1.54) is 6.42 Å². The summed E-state index contributed by atoms with van der Waals surface area (Å²) in [6.07, 6.45) is 2.51. The Bertz CT molecular complexity index is 670. The Labute approximate surface area is 143 Å². The summed E-state index contributed by atoms with van der Waals surface area (Å²) in [5.74, 6) is 0.847. The van der Waals surface area contributed by atoms with Gasteiger partial charge in [-0.3, -0.25) is 9.69 Å². The van der Waals surface area contributed by atoms with Crippen molar-refractivity contribution in [2.45, 2.75) is 25.9 Å². The number of hydrogen-bond acceptors (Lipinski definition) is 3. The van der Waals surface area contributed by atoms with Crippen molar-refractivity contribution in [1.82, 2.24) is 4.90 Å². The number of nitrogens with zero attached hydrogens (tertiary/aromatic N) is 2. The number of rotatable bonds is 4. The monoisotopic (exact) mass is 324 g/mol. The van der Waals surface area contributed by atoms with Crippen molar-refractivity contribution in [3.63, 3.8) is 0 Å². The molecule has 2 aromatic carbocycles. The van der Waals surface area contributed by atoms with Crippen LogP contribution in [0, 0.1) is 0 Å². The van der Waals surface area contributed by atoms with Crippen molar-refractivity contribution >= 4 is 17.3 Å². The standard InChI is InChI=1S/C20H24N2O2/c1-16(23)22(17-7-4-3-5-8-17)18-10-12-19(13-11-18)24-20-9-6-14-21(2)15-20/h3-5,7-8,10-13,20H,6,9,14-15H2,1-2H3. The quantitative estimate of drug-likeness (QED) is 0.856. The highest BCUT2D eigenvalue weighted by atomic mass is 16.5. The Morgan fingerprint density at radius 1 is 1.08 bits per heavy atom. The molecule has 1 saturated heterocycles. The molecule has 1 heterocycles. The lowest BCUT2D eigenvalue weighted by Gasteiger charge is -2.30. The molecule has 0 saturated carbocycles. The van der Waals surface area contributed by atoms with E-state index in [1.54, 1.807) is 11.8 Å². The largest absolute Gasteiger partial charge is 0.489 e. The summed E-state index contributed by atoms with van der Waals surface area (Å²) < 4.78 is 6.08. The van der Waals surface area contributed by atoms with E-state index in [4.69, 9.17) is 4.74 Å². The van der Waals surface area contributed by atoms with Gasteiger partial charge in [-0.05, 0) is 62.8 Å². The molecule has 126 valence electrons. The summed E-state index contributed by atoms with van der Waals surface area (Å²) in [4.78, 5) is 16.1. The summed E-state index contributed by atoms with van der Waals surface area (Å²) in [6.45, 7) is 3.68. The molecule has 1 unspecified atom stereocenters. The summed E-state index contributed by atoms with van der Waals surface area (Å²) >= 11 is 0. The second-order valence-electron chi connectivity index (χ2n) is 6.33. The van der Waals surface area contributed by atoms with Crippen molar-refractivity contribution in [1.29, 1.82) is 0 Å². The van der Waals surface area contributed by atoms with E-state index in [0.29, 0.717) is 0 Å². The number of benzene rings is 2. The molecule has 4 heteroatoms. The van der Waals surface area contributed by atoms with Crippen LogP contribution in [0.1, 0.15) is 19.8 Å². The van der Waals surface area contributed by atoms with Gasteiger partial charge in [0.05, 0.1) is 0 Å². The maximum Gasteiger partial charge on any atom is 0.228 e. The number of likely N-dealkylation sites (tertiary alicyclic amines) is 1. The van der Waals surface area contributed by atoms with Crippen LogP contribution in [0.15, 0.2) is 54.6 Å². The van der Waals surface area contributed by atoms with Crippen molar-refractivity contribution in [3.8, 4) is 5.75 Å². The fourth-order valence-corrected chi connectivity index (χ4v) is 3.17. The molecule has 4 nitrogen and oxygen atoms in total. The zero-order valence-electron chi connectivity index (χ0n) is 14.3. The minimum absolute atomic E-state index is 0.0104. The highest BCUT2D eigenvalue weighted by Gasteiger charge is 2.19. The Morgan fingerprint density at radius 3 is 2.38 bits per heavy atom. The van der Waals surface area contributed by atoms with Gasteiger partial charge in [0.2, 0.25) is 5.91 Å². The zero-order chi connectivity index (χ0) is 16.9. The molecule has 1 aliphatic heterocycles. The maximum absolute atomic E-state index is 12.1. The van der Waals surface area contributed by atoms with Crippen molar-refractivity contribution in [2.24, 2.45) is 0 Å². The van der Waals surface area contributed by atoms with Crippen LogP contribution in [0.5, 0.6) is 5.75 Å². The molecule has 0 aliphatic carbocycles. The van der Waals surface area contributed by atoms with E-state index in [0.717, 1.165) is 36.6 Å². The molecule has 0 bridgehead atoms. The van der Waals surface area contributed by atoms with Gasteiger partial charge in [0.15, 0.2) is 0 Å². The van der Waals surface area contributed by atoms with Crippen LogP contribution < -0.4 is 9.64 Å². The van der Waals surface area contributed by atoms with Crippen LogP contribution in [0.3, 0.4) is 0 Å². The van der Waals surface area contributed by atoms with E-state index in [2.05, 4.69) is 11.9 Å². The van der Waals surface area contributed by atoms with Gasteiger partial charge >= 0.3 is 0 Å². The van der Waals surface area contributed by atoms with Gasteiger partial charge in [0, 0.05) is 24.8 Å². The molecule has 0 N–H and O–H groups in total. The van der Waals surface area contributed by atoms with Gasteiger partial charge < -0.3 is 9.64 Å². The number of carbonyl (C=O) groups excluding carboxylic acids is 1. The fraction of sp³-hybridized carbons (Fsp3) is 0.350. The number of piperidine rings is 1. The Balaban J connectivity index is 1.74. The van der Waals surface area contributed by atoms with Crippen molar-refractivity contribution in [2.75, 3.05) is 25.0 Å². The lowest BCUT2D eigenvalue weighted by molar-refractivity contribution is -0.115. The van der Waals surface area contributed by atoms with Gasteiger partial charge in [-0.2, -0.15) is 0 Å². The smallest absolute Gasteiger partial charge is 0.228 e. The summed E-state index contributed by atoms with van der Waals surface area (Å²) in [7, 11) is 2.13. The first-order valence-electron chi connectivity index (χ1n) is 8.44. The second-order valence-corrected chi connectivity index (χ2v) is 6.33. The van der Waals surface area contributed by atoms with Crippen LogP contribution in [0.4, 0.5) is 11.4 Å². The number of hydrogen-bond donors (Lipinski definition) is 0. The van der Waals surface area contributed by atoms with Crippen LogP contribution in [-0.2, 0) is 4.79 Å². The SMILES string of the molecule is CC(=O)N(c1ccccc1)c1ccc(OC2CCCN(C)C2)cc1. The van der Waals surface area contributed by atoms with E-state index in [-0.39, 0.29) is 12.0 Å². The molecule has 1 amide bonds. The van der Waals surface area contributed by atoms with Gasteiger partial charge in [-0.25, -0.2) is 0 Å². The van der Waals surface area contributed by atoms with Crippen LogP contribution >= 0.6 is 0 Å². The minimum atomic E-state index is -0.0104. The predicted octanol–water partition coefficient (Wildman–Crippen LogP) is 3.84. The third-order valence-corrected chi connectivity index (χ3v) is 4.31. The van der Waals surface area contributed by atoms with Crippen LogP contribution in [0.2, 0.25) is 0 Å². The maximum atomic E-state index is 12.1. The van der Waals surface area contributed by atoms with Crippen LogP contribution in [0.25, 0.3) is 0 Å². The van der Waals surface area contributed by atoms with E-state index >= 15 is 0 Å². The van der Waals surface area contributed by atoms with Gasteiger partial charge in [0.25, 0.3) is 0 Å². The van der Waals surface area contributed by atoms with E-state index in [9.17, 15) is 4.79 Å². The summed E-state index contributed by atoms with van der Waals surface area (Å²) in [5, 5.41) is 0. The summed E-state index contributed by atoms with van der Waals surface area (Å²) in [6, 6.07) is 17.5. The van der Waals surface area contributed by atoms with Crippen LogP contribution in [-0.4, -0.2) is 37.0 Å². The number of likely N-dealkylation sites (N-methyl/N-ethyl adjacent to an activating group) is 1. The number of anilines is 2. The fourth-order valence-electron chi connectivity index (χ4n) is 3.17. The molecule has 0 aromatic heterocycles. The second kappa shape index (κ2) is 7.49. The average Bonchev–Trinajstić information content (AvgIpc) is 2.57. The molecule has 1 atom stereocenters.